The molecule has 0 saturated heterocycles. The van der Waals surface area contributed by atoms with Crippen LogP contribution in [-0.4, -0.2) is 11.5 Å². The van der Waals surface area contributed by atoms with Crippen molar-refractivity contribution >= 4 is 11.3 Å². The largest absolute Gasteiger partial charge is 0.367 e. The summed E-state index contributed by atoms with van der Waals surface area (Å²) in [6.45, 7) is 6.70. The highest BCUT2D eigenvalue weighted by molar-refractivity contribution is 7.09. The molecule has 20 heavy (non-hydrogen) atoms. The number of aromatic nitrogens is 1. The maximum absolute atomic E-state index is 5.88. The normalized spacial score (nSPS) is 12.5. The van der Waals surface area contributed by atoms with E-state index in [0.29, 0.717) is 6.61 Å². The first-order valence-corrected chi connectivity index (χ1v) is 7.98. The Balaban J connectivity index is 1.79. The first kappa shape index (κ1) is 15.2. The molecule has 2 rings (SSSR count). The van der Waals surface area contributed by atoms with Crippen molar-refractivity contribution in [3.63, 3.8) is 0 Å². The van der Waals surface area contributed by atoms with Crippen molar-refractivity contribution in [3.05, 3.63) is 52.0 Å². The minimum Gasteiger partial charge on any atom is -0.367 e. The minimum atomic E-state index is 0.0968. The predicted octanol–water partition coefficient (Wildman–Crippen LogP) is 3.92. The van der Waals surface area contributed by atoms with Crippen LogP contribution in [0.15, 0.2) is 35.7 Å². The molecule has 2 aromatic rings. The van der Waals surface area contributed by atoms with Crippen molar-refractivity contribution in [1.82, 2.24) is 10.3 Å². The SMILES string of the molecule is CCCNCc1nc(COC(C)c2ccccc2)cs1. The summed E-state index contributed by atoms with van der Waals surface area (Å²) in [6, 6.07) is 10.3. The Labute approximate surface area is 125 Å². The molecule has 0 aliphatic carbocycles. The first-order valence-electron chi connectivity index (χ1n) is 7.10. The molecule has 0 fully saturated rings. The summed E-state index contributed by atoms with van der Waals surface area (Å²) in [5.74, 6) is 0. The lowest BCUT2D eigenvalue weighted by Gasteiger charge is -2.12. The lowest BCUT2D eigenvalue weighted by molar-refractivity contribution is 0.0507. The van der Waals surface area contributed by atoms with Crippen LogP contribution in [0.2, 0.25) is 0 Å². The molecule has 3 nitrogen and oxygen atoms in total. The lowest BCUT2D eigenvalue weighted by atomic mass is 10.1. The molecular weight excluding hydrogens is 268 g/mol. The van der Waals surface area contributed by atoms with E-state index in [1.165, 1.54) is 5.56 Å². The second kappa shape index (κ2) is 8.15. The molecule has 1 N–H and O–H groups in total. The maximum atomic E-state index is 5.88. The van der Waals surface area contributed by atoms with E-state index in [1.807, 2.05) is 18.2 Å². The Morgan fingerprint density at radius 2 is 2.10 bits per heavy atom. The molecule has 0 radical (unpaired) electrons. The van der Waals surface area contributed by atoms with Crippen LogP contribution in [0.3, 0.4) is 0 Å². The second-order valence-electron chi connectivity index (χ2n) is 4.77. The molecule has 0 aliphatic heterocycles. The summed E-state index contributed by atoms with van der Waals surface area (Å²) in [5.41, 5.74) is 2.22. The Bertz CT molecular complexity index is 498. The molecule has 0 amide bonds. The van der Waals surface area contributed by atoms with Crippen LogP contribution in [0, 0.1) is 0 Å². The molecule has 0 bridgehead atoms. The average molecular weight is 290 g/mol. The van der Waals surface area contributed by atoms with Crippen LogP contribution < -0.4 is 5.32 Å². The Morgan fingerprint density at radius 3 is 2.85 bits per heavy atom. The predicted molar refractivity (Wildman–Crippen MR) is 83.8 cm³/mol. The molecule has 1 aromatic carbocycles. The third kappa shape index (κ3) is 4.71. The fourth-order valence-electron chi connectivity index (χ4n) is 1.90. The van der Waals surface area contributed by atoms with E-state index >= 15 is 0 Å². The second-order valence-corrected chi connectivity index (χ2v) is 5.72. The molecule has 108 valence electrons. The van der Waals surface area contributed by atoms with Crippen molar-refractivity contribution in [2.75, 3.05) is 6.54 Å². The van der Waals surface area contributed by atoms with Gasteiger partial charge in [-0.2, -0.15) is 0 Å². The summed E-state index contributed by atoms with van der Waals surface area (Å²) in [7, 11) is 0. The van der Waals surface area contributed by atoms with Crippen LogP contribution in [0.5, 0.6) is 0 Å². The molecule has 1 atom stereocenters. The van der Waals surface area contributed by atoms with Gasteiger partial charge in [0.1, 0.15) is 5.01 Å². The highest BCUT2D eigenvalue weighted by Crippen LogP contribution is 2.19. The van der Waals surface area contributed by atoms with Crippen LogP contribution in [0.1, 0.15) is 42.6 Å². The van der Waals surface area contributed by atoms with Gasteiger partial charge in [-0.15, -0.1) is 11.3 Å². The van der Waals surface area contributed by atoms with Crippen molar-refractivity contribution < 1.29 is 4.74 Å². The summed E-state index contributed by atoms with van der Waals surface area (Å²) < 4.78 is 5.88. The van der Waals surface area contributed by atoms with E-state index in [-0.39, 0.29) is 6.10 Å². The van der Waals surface area contributed by atoms with Gasteiger partial charge in [-0.25, -0.2) is 4.98 Å². The summed E-state index contributed by atoms with van der Waals surface area (Å²) in [4.78, 5) is 4.58. The minimum absolute atomic E-state index is 0.0968. The Morgan fingerprint density at radius 1 is 1.30 bits per heavy atom. The molecule has 0 saturated carbocycles. The quantitative estimate of drug-likeness (QED) is 0.748. The van der Waals surface area contributed by atoms with Crippen LogP contribution in [-0.2, 0) is 17.9 Å². The van der Waals surface area contributed by atoms with Crippen molar-refractivity contribution in [2.45, 2.75) is 39.5 Å². The van der Waals surface area contributed by atoms with Crippen molar-refractivity contribution in [2.24, 2.45) is 0 Å². The van der Waals surface area contributed by atoms with Gasteiger partial charge in [-0.1, -0.05) is 37.3 Å². The third-order valence-electron chi connectivity index (χ3n) is 3.05. The van der Waals surface area contributed by atoms with E-state index in [4.69, 9.17) is 4.74 Å². The monoisotopic (exact) mass is 290 g/mol. The standard InChI is InChI=1S/C16H22N2OS/c1-3-9-17-10-16-18-15(12-20-16)11-19-13(2)14-7-5-4-6-8-14/h4-8,12-13,17H,3,9-11H2,1-2H3. The van der Waals surface area contributed by atoms with Gasteiger partial charge in [0.2, 0.25) is 0 Å². The molecule has 0 spiro atoms. The number of nitrogens with one attached hydrogen (secondary N) is 1. The van der Waals surface area contributed by atoms with Crippen LogP contribution in [0.25, 0.3) is 0 Å². The Hall–Kier alpha value is -1.23. The number of benzene rings is 1. The van der Waals surface area contributed by atoms with Crippen molar-refractivity contribution in [3.8, 4) is 0 Å². The first-order chi connectivity index (χ1) is 9.79. The number of hydrogen-bond acceptors (Lipinski definition) is 4. The number of nitrogens with zero attached hydrogens (tertiary/aromatic N) is 1. The van der Waals surface area contributed by atoms with Crippen LogP contribution in [0.4, 0.5) is 0 Å². The van der Waals surface area contributed by atoms with E-state index in [1.54, 1.807) is 11.3 Å². The average Bonchev–Trinajstić information content (AvgIpc) is 2.94. The fraction of sp³-hybridized carbons (Fsp3) is 0.438. The van der Waals surface area contributed by atoms with E-state index in [0.717, 1.165) is 30.2 Å². The highest BCUT2D eigenvalue weighted by Gasteiger charge is 2.07. The number of rotatable bonds is 8. The van der Waals surface area contributed by atoms with Gasteiger partial charge < -0.3 is 10.1 Å². The molecule has 1 unspecified atom stereocenters. The van der Waals surface area contributed by atoms with Gasteiger partial charge in [-0.05, 0) is 25.5 Å². The van der Waals surface area contributed by atoms with Gasteiger partial charge >= 0.3 is 0 Å². The lowest BCUT2D eigenvalue weighted by Crippen LogP contribution is -2.13. The Kier molecular flexibility index (Phi) is 6.18. The topological polar surface area (TPSA) is 34.2 Å². The zero-order valence-electron chi connectivity index (χ0n) is 12.1. The van der Waals surface area contributed by atoms with Gasteiger partial charge in [0.15, 0.2) is 0 Å². The smallest absolute Gasteiger partial charge is 0.107 e. The summed E-state index contributed by atoms with van der Waals surface area (Å²) in [5, 5.41) is 6.58. The third-order valence-corrected chi connectivity index (χ3v) is 3.95. The molecule has 1 heterocycles. The zero-order chi connectivity index (χ0) is 14.2. The molecule has 0 aliphatic rings. The van der Waals surface area contributed by atoms with Gasteiger partial charge in [0.05, 0.1) is 18.4 Å². The van der Waals surface area contributed by atoms with Crippen molar-refractivity contribution in [1.29, 1.82) is 0 Å². The molecular formula is C16H22N2OS. The number of hydrogen-bond donors (Lipinski definition) is 1. The van der Waals surface area contributed by atoms with Gasteiger partial charge in [-0.3, -0.25) is 0 Å². The molecule has 1 aromatic heterocycles. The van der Waals surface area contributed by atoms with E-state index < -0.39 is 0 Å². The molecule has 4 heteroatoms. The summed E-state index contributed by atoms with van der Waals surface area (Å²) >= 11 is 1.69. The van der Waals surface area contributed by atoms with E-state index in [9.17, 15) is 0 Å². The zero-order valence-corrected chi connectivity index (χ0v) is 13.0. The van der Waals surface area contributed by atoms with Gasteiger partial charge in [0.25, 0.3) is 0 Å². The maximum Gasteiger partial charge on any atom is 0.107 e. The highest BCUT2D eigenvalue weighted by atomic mass is 32.1. The van der Waals surface area contributed by atoms with Crippen LogP contribution >= 0.6 is 11.3 Å². The van der Waals surface area contributed by atoms with E-state index in [2.05, 4.69) is 41.7 Å². The van der Waals surface area contributed by atoms with Gasteiger partial charge in [0, 0.05) is 11.9 Å². The fourth-order valence-corrected chi connectivity index (χ4v) is 2.65. The number of ether oxygens (including phenoxy) is 1. The summed E-state index contributed by atoms with van der Waals surface area (Å²) in [6.07, 6.45) is 1.25. The number of thiazole rings is 1.